The highest BCUT2D eigenvalue weighted by Gasteiger charge is 2.22. The summed E-state index contributed by atoms with van der Waals surface area (Å²) in [5.41, 5.74) is 2.48. The van der Waals surface area contributed by atoms with Crippen molar-refractivity contribution < 1.29 is 5.11 Å². The van der Waals surface area contributed by atoms with Gasteiger partial charge in [0.2, 0.25) is 0 Å². The Morgan fingerprint density at radius 1 is 1.53 bits per heavy atom. The van der Waals surface area contributed by atoms with Gasteiger partial charge in [0.25, 0.3) is 0 Å². The molecule has 1 aromatic carbocycles. The average Bonchev–Trinajstić information content (AvgIpc) is 2.81. The molecule has 0 amide bonds. The molecule has 104 valence electrons. The lowest BCUT2D eigenvalue weighted by Gasteiger charge is -2.20. The number of β-amino-alcohol motifs (C(OH)–C–C–N with tert-alkyl or cyclic N) is 1. The first-order valence-electron chi connectivity index (χ1n) is 6.96. The summed E-state index contributed by atoms with van der Waals surface area (Å²) in [4.78, 5) is 6.79. The number of aryl methyl sites for hydroxylation is 1. The van der Waals surface area contributed by atoms with Crippen molar-refractivity contribution >= 4 is 5.96 Å². The first-order chi connectivity index (χ1) is 9.19. The van der Waals surface area contributed by atoms with Crippen molar-refractivity contribution in [1.29, 1.82) is 0 Å². The summed E-state index contributed by atoms with van der Waals surface area (Å²) in [6.45, 7) is 7.24. The highest BCUT2D eigenvalue weighted by molar-refractivity contribution is 5.80. The minimum Gasteiger partial charge on any atom is -0.391 e. The molecule has 0 aromatic heterocycles. The Morgan fingerprint density at radius 2 is 2.37 bits per heavy atom. The highest BCUT2D eigenvalue weighted by atomic mass is 16.3. The molecule has 2 rings (SSSR count). The second kappa shape index (κ2) is 6.57. The van der Waals surface area contributed by atoms with Crippen LogP contribution >= 0.6 is 0 Å². The zero-order chi connectivity index (χ0) is 13.7. The van der Waals surface area contributed by atoms with Gasteiger partial charge in [-0.05, 0) is 25.8 Å². The number of aliphatic imine (C=N–C) groups is 1. The van der Waals surface area contributed by atoms with Crippen LogP contribution in [0.4, 0.5) is 0 Å². The third-order valence-electron chi connectivity index (χ3n) is 3.29. The SMILES string of the molecule is CCNC(=NCc1cccc(C)c1)N1CC[C@@H](O)C1. The number of nitrogens with one attached hydrogen (secondary N) is 1. The highest BCUT2D eigenvalue weighted by Crippen LogP contribution is 2.10. The quantitative estimate of drug-likeness (QED) is 0.641. The minimum absolute atomic E-state index is 0.220. The molecule has 1 fully saturated rings. The van der Waals surface area contributed by atoms with Gasteiger partial charge in [0.05, 0.1) is 12.6 Å². The van der Waals surface area contributed by atoms with Crippen LogP contribution in [-0.2, 0) is 6.54 Å². The van der Waals surface area contributed by atoms with E-state index in [9.17, 15) is 5.11 Å². The second-order valence-corrected chi connectivity index (χ2v) is 5.05. The maximum absolute atomic E-state index is 9.61. The van der Waals surface area contributed by atoms with Gasteiger partial charge >= 0.3 is 0 Å². The van der Waals surface area contributed by atoms with Crippen molar-refractivity contribution in [3.63, 3.8) is 0 Å². The van der Waals surface area contributed by atoms with Gasteiger partial charge < -0.3 is 15.3 Å². The number of rotatable bonds is 3. The van der Waals surface area contributed by atoms with E-state index in [-0.39, 0.29) is 6.10 Å². The zero-order valence-electron chi connectivity index (χ0n) is 11.8. The van der Waals surface area contributed by atoms with Gasteiger partial charge in [0.1, 0.15) is 0 Å². The number of hydrogen-bond acceptors (Lipinski definition) is 2. The van der Waals surface area contributed by atoms with Crippen LogP contribution in [0, 0.1) is 6.92 Å². The molecule has 1 heterocycles. The van der Waals surface area contributed by atoms with Crippen molar-refractivity contribution in [1.82, 2.24) is 10.2 Å². The summed E-state index contributed by atoms with van der Waals surface area (Å²) in [6, 6.07) is 8.41. The second-order valence-electron chi connectivity index (χ2n) is 5.05. The van der Waals surface area contributed by atoms with Crippen molar-refractivity contribution in [2.75, 3.05) is 19.6 Å². The summed E-state index contributed by atoms with van der Waals surface area (Å²) >= 11 is 0. The van der Waals surface area contributed by atoms with Crippen LogP contribution in [-0.4, -0.2) is 41.7 Å². The van der Waals surface area contributed by atoms with E-state index in [1.165, 1.54) is 11.1 Å². The third kappa shape index (κ3) is 3.96. The number of aliphatic hydroxyl groups excluding tert-OH is 1. The molecule has 0 unspecified atom stereocenters. The predicted octanol–water partition coefficient (Wildman–Crippen LogP) is 1.53. The Kier molecular flexibility index (Phi) is 4.80. The fourth-order valence-corrected chi connectivity index (χ4v) is 2.34. The lowest BCUT2D eigenvalue weighted by atomic mass is 10.1. The maximum Gasteiger partial charge on any atom is 0.194 e. The van der Waals surface area contributed by atoms with E-state index in [4.69, 9.17) is 0 Å². The van der Waals surface area contributed by atoms with Crippen molar-refractivity contribution in [2.45, 2.75) is 32.9 Å². The Hall–Kier alpha value is -1.55. The molecular formula is C15H23N3O. The van der Waals surface area contributed by atoms with Crippen molar-refractivity contribution in [3.05, 3.63) is 35.4 Å². The smallest absolute Gasteiger partial charge is 0.194 e. The standard InChI is InChI=1S/C15H23N3O/c1-3-16-15(18-8-7-14(19)11-18)17-10-13-6-4-5-12(2)9-13/h4-6,9,14,19H,3,7-8,10-11H2,1-2H3,(H,16,17)/t14-/m1/s1. The molecule has 4 nitrogen and oxygen atoms in total. The van der Waals surface area contributed by atoms with Gasteiger partial charge in [0.15, 0.2) is 5.96 Å². The van der Waals surface area contributed by atoms with Gasteiger partial charge in [-0.3, -0.25) is 0 Å². The summed E-state index contributed by atoms with van der Waals surface area (Å²) < 4.78 is 0. The molecule has 0 spiro atoms. The first kappa shape index (κ1) is 13.9. The molecule has 4 heteroatoms. The molecule has 0 aliphatic carbocycles. The fraction of sp³-hybridized carbons (Fsp3) is 0.533. The normalized spacial score (nSPS) is 19.8. The molecular weight excluding hydrogens is 238 g/mol. The monoisotopic (exact) mass is 261 g/mol. The van der Waals surface area contributed by atoms with Crippen LogP contribution in [0.5, 0.6) is 0 Å². The fourth-order valence-electron chi connectivity index (χ4n) is 2.34. The van der Waals surface area contributed by atoms with E-state index in [0.29, 0.717) is 13.1 Å². The predicted molar refractivity (Wildman–Crippen MR) is 78.2 cm³/mol. The lowest BCUT2D eigenvalue weighted by molar-refractivity contribution is 0.188. The summed E-state index contributed by atoms with van der Waals surface area (Å²) in [5, 5.41) is 12.9. The van der Waals surface area contributed by atoms with Crippen LogP contribution in [0.1, 0.15) is 24.5 Å². The molecule has 0 saturated carbocycles. The molecule has 1 aromatic rings. The van der Waals surface area contributed by atoms with Crippen LogP contribution in [0.3, 0.4) is 0 Å². The number of likely N-dealkylation sites (tertiary alicyclic amines) is 1. The van der Waals surface area contributed by atoms with E-state index in [1.54, 1.807) is 0 Å². The van der Waals surface area contributed by atoms with Gasteiger partial charge in [-0.25, -0.2) is 4.99 Å². The number of guanidine groups is 1. The van der Waals surface area contributed by atoms with E-state index < -0.39 is 0 Å². The molecule has 1 atom stereocenters. The molecule has 0 bridgehead atoms. The van der Waals surface area contributed by atoms with Crippen LogP contribution in [0.2, 0.25) is 0 Å². The van der Waals surface area contributed by atoms with Gasteiger partial charge in [-0.2, -0.15) is 0 Å². The van der Waals surface area contributed by atoms with Gasteiger partial charge in [-0.15, -0.1) is 0 Å². The molecule has 1 aliphatic heterocycles. The van der Waals surface area contributed by atoms with Crippen LogP contribution < -0.4 is 5.32 Å². The van der Waals surface area contributed by atoms with Crippen molar-refractivity contribution in [2.24, 2.45) is 4.99 Å². The Labute approximate surface area is 115 Å². The molecule has 2 N–H and O–H groups in total. The summed E-state index contributed by atoms with van der Waals surface area (Å²) in [6.07, 6.45) is 0.609. The molecule has 19 heavy (non-hydrogen) atoms. The van der Waals surface area contributed by atoms with E-state index >= 15 is 0 Å². The largest absolute Gasteiger partial charge is 0.391 e. The van der Waals surface area contributed by atoms with E-state index in [0.717, 1.165) is 25.5 Å². The Morgan fingerprint density at radius 3 is 3.00 bits per heavy atom. The summed E-state index contributed by atoms with van der Waals surface area (Å²) in [7, 11) is 0. The maximum atomic E-state index is 9.61. The van der Waals surface area contributed by atoms with Gasteiger partial charge in [0, 0.05) is 19.6 Å². The van der Waals surface area contributed by atoms with Crippen LogP contribution in [0.25, 0.3) is 0 Å². The third-order valence-corrected chi connectivity index (χ3v) is 3.29. The Balaban J connectivity index is 2.04. The average molecular weight is 261 g/mol. The molecule has 1 aliphatic rings. The van der Waals surface area contributed by atoms with Crippen molar-refractivity contribution in [3.8, 4) is 0 Å². The summed E-state index contributed by atoms with van der Waals surface area (Å²) in [5.74, 6) is 0.903. The first-order valence-corrected chi connectivity index (χ1v) is 6.96. The minimum atomic E-state index is -0.220. The topological polar surface area (TPSA) is 47.9 Å². The lowest BCUT2D eigenvalue weighted by Crippen LogP contribution is -2.40. The zero-order valence-corrected chi connectivity index (χ0v) is 11.8. The van der Waals surface area contributed by atoms with E-state index in [2.05, 4.69) is 53.3 Å². The van der Waals surface area contributed by atoms with Crippen LogP contribution in [0.15, 0.2) is 29.3 Å². The molecule has 0 radical (unpaired) electrons. The van der Waals surface area contributed by atoms with Gasteiger partial charge in [-0.1, -0.05) is 29.8 Å². The molecule has 1 saturated heterocycles. The number of benzene rings is 1. The Bertz CT molecular complexity index is 445. The number of hydrogen-bond donors (Lipinski definition) is 2. The van der Waals surface area contributed by atoms with E-state index in [1.807, 2.05) is 0 Å². The number of aliphatic hydroxyl groups is 1. The number of nitrogens with zero attached hydrogens (tertiary/aromatic N) is 2.